The Morgan fingerprint density at radius 3 is 2.92 bits per heavy atom. The van der Waals surface area contributed by atoms with Gasteiger partial charge in [0.05, 0.1) is 19.6 Å². The van der Waals surface area contributed by atoms with Crippen LogP contribution in [-0.2, 0) is 20.7 Å². The highest BCUT2D eigenvalue weighted by Gasteiger charge is 2.42. The van der Waals surface area contributed by atoms with Crippen molar-refractivity contribution in [2.45, 2.75) is 31.1 Å². The van der Waals surface area contributed by atoms with Crippen molar-refractivity contribution in [3.63, 3.8) is 0 Å². The van der Waals surface area contributed by atoms with E-state index in [1.54, 1.807) is 18.4 Å². The molecule has 2 aliphatic heterocycles. The second kappa shape index (κ2) is 7.21. The van der Waals surface area contributed by atoms with Crippen molar-refractivity contribution in [1.82, 2.24) is 4.90 Å². The minimum absolute atomic E-state index is 0.271. The Hall–Kier alpha value is -2.76. The van der Waals surface area contributed by atoms with Gasteiger partial charge in [-0.1, -0.05) is 41.6 Å². The summed E-state index contributed by atoms with van der Waals surface area (Å²) in [5, 5.41) is 4.11. The molecule has 126 valence electrons. The van der Waals surface area contributed by atoms with Gasteiger partial charge in [0.2, 0.25) is 5.90 Å². The lowest BCUT2D eigenvalue weighted by molar-refractivity contribution is -0.0835. The highest BCUT2D eigenvalue weighted by molar-refractivity contribution is 5.79. The Kier molecular flexibility index (Phi) is 4.84. The molecule has 1 aromatic rings. The van der Waals surface area contributed by atoms with Gasteiger partial charge in [-0.05, 0) is 18.1 Å². The van der Waals surface area contributed by atoms with Crippen molar-refractivity contribution >= 4 is 12.0 Å². The van der Waals surface area contributed by atoms with Crippen molar-refractivity contribution in [2.24, 2.45) is 5.16 Å². The van der Waals surface area contributed by atoms with Gasteiger partial charge in [0, 0.05) is 6.20 Å². The summed E-state index contributed by atoms with van der Waals surface area (Å²) < 4.78 is 10.8. The summed E-state index contributed by atoms with van der Waals surface area (Å²) in [7, 11) is 1.35. The lowest BCUT2D eigenvalue weighted by Gasteiger charge is -2.40. The molecule has 0 saturated heterocycles. The SMILES string of the molecule is C=CCC1[C@@H]2ON=C(Cc3ccccc3)O[C@@H]2C=CN1C(=O)OC. The summed E-state index contributed by atoms with van der Waals surface area (Å²) in [5.74, 6) is 0.524. The topological polar surface area (TPSA) is 60.4 Å². The van der Waals surface area contributed by atoms with Crippen LogP contribution in [0.1, 0.15) is 12.0 Å². The fraction of sp³-hybridized carbons (Fsp3) is 0.333. The molecule has 0 radical (unpaired) electrons. The van der Waals surface area contributed by atoms with Crippen molar-refractivity contribution in [1.29, 1.82) is 0 Å². The summed E-state index contributed by atoms with van der Waals surface area (Å²) in [4.78, 5) is 19.1. The summed E-state index contributed by atoms with van der Waals surface area (Å²) in [6, 6.07) is 9.65. The van der Waals surface area contributed by atoms with Crippen LogP contribution in [0, 0.1) is 0 Å². The number of fused-ring (bicyclic) bond motifs is 1. The molecule has 1 amide bonds. The molecule has 0 bridgehead atoms. The van der Waals surface area contributed by atoms with Crippen LogP contribution in [0.3, 0.4) is 0 Å². The first kappa shape index (κ1) is 16.1. The van der Waals surface area contributed by atoms with Gasteiger partial charge >= 0.3 is 6.09 Å². The van der Waals surface area contributed by atoms with Crippen LogP contribution in [0.25, 0.3) is 0 Å². The maximum absolute atomic E-state index is 11.9. The Balaban J connectivity index is 1.75. The van der Waals surface area contributed by atoms with Gasteiger partial charge in [-0.25, -0.2) is 4.79 Å². The predicted molar refractivity (Wildman–Crippen MR) is 89.3 cm³/mol. The smallest absolute Gasteiger partial charge is 0.413 e. The standard InChI is InChI=1S/C18H20N2O4/c1-3-7-14-17-15(10-11-20(14)18(21)22-2)23-16(19-24-17)12-13-8-5-4-6-9-13/h3-6,8-11,14-15,17H,1,7,12H2,2H3/t14?,15-,17+/m1/s1. The number of nitrogens with zero attached hydrogens (tertiary/aromatic N) is 2. The van der Waals surface area contributed by atoms with Gasteiger partial charge < -0.3 is 14.3 Å². The third-order valence-corrected chi connectivity index (χ3v) is 4.04. The number of oxime groups is 1. The zero-order chi connectivity index (χ0) is 16.9. The van der Waals surface area contributed by atoms with Crippen LogP contribution in [0.5, 0.6) is 0 Å². The molecule has 3 rings (SSSR count). The van der Waals surface area contributed by atoms with Crippen molar-refractivity contribution in [3.8, 4) is 0 Å². The lowest BCUT2D eigenvalue weighted by Crippen LogP contribution is -2.54. The van der Waals surface area contributed by atoms with Crippen LogP contribution in [0.15, 0.2) is 60.4 Å². The zero-order valence-electron chi connectivity index (χ0n) is 13.5. The maximum atomic E-state index is 11.9. The predicted octanol–water partition coefficient (Wildman–Crippen LogP) is 2.87. The van der Waals surface area contributed by atoms with Crippen LogP contribution in [-0.4, -0.2) is 42.3 Å². The Bertz CT molecular complexity index is 656. The molecule has 0 N–H and O–H groups in total. The molecule has 2 heterocycles. The fourth-order valence-electron chi connectivity index (χ4n) is 2.87. The third-order valence-electron chi connectivity index (χ3n) is 4.04. The summed E-state index contributed by atoms with van der Waals surface area (Å²) in [6.07, 6.45) is 5.18. The average molecular weight is 328 g/mol. The van der Waals surface area contributed by atoms with Gasteiger partial charge in [0.15, 0.2) is 12.2 Å². The number of benzene rings is 1. The minimum atomic E-state index is -0.445. The molecule has 6 nitrogen and oxygen atoms in total. The molecular weight excluding hydrogens is 308 g/mol. The molecule has 1 unspecified atom stereocenters. The van der Waals surface area contributed by atoms with Crippen molar-refractivity contribution in [3.05, 3.63) is 60.8 Å². The lowest BCUT2D eigenvalue weighted by atomic mass is 9.97. The number of rotatable bonds is 4. The van der Waals surface area contributed by atoms with Crippen molar-refractivity contribution < 1.29 is 19.1 Å². The minimum Gasteiger partial charge on any atom is -0.467 e. The molecule has 0 spiro atoms. The molecule has 24 heavy (non-hydrogen) atoms. The first-order valence-corrected chi connectivity index (χ1v) is 7.81. The number of hydrogen-bond donors (Lipinski definition) is 0. The molecule has 0 saturated carbocycles. The molecule has 3 atom stereocenters. The normalized spacial score (nSPS) is 25.0. The highest BCUT2D eigenvalue weighted by Crippen LogP contribution is 2.28. The number of amides is 1. The highest BCUT2D eigenvalue weighted by atomic mass is 16.7. The van der Waals surface area contributed by atoms with E-state index in [1.807, 2.05) is 30.3 Å². The second-order valence-electron chi connectivity index (χ2n) is 5.61. The number of carbonyl (C=O) groups excluding carboxylic acids is 1. The summed E-state index contributed by atoms with van der Waals surface area (Å²) in [5.41, 5.74) is 1.09. The van der Waals surface area contributed by atoms with Gasteiger partial charge in [-0.15, -0.1) is 6.58 Å². The van der Waals surface area contributed by atoms with Crippen molar-refractivity contribution in [2.75, 3.05) is 7.11 Å². The van der Waals surface area contributed by atoms with E-state index in [0.717, 1.165) is 5.56 Å². The van der Waals surface area contributed by atoms with E-state index in [2.05, 4.69) is 11.7 Å². The summed E-state index contributed by atoms with van der Waals surface area (Å²) >= 11 is 0. The number of hydrogen-bond acceptors (Lipinski definition) is 5. The largest absolute Gasteiger partial charge is 0.467 e. The van der Waals surface area contributed by atoms with Gasteiger partial charge in [-0.3, -0.25) is 4.90 Å². The first-order chi connectivity index (χ1) is 11.7. The molecule has 0 aliphatic carbocycles. The van der Waals surface area contributed by atoms with E-state index in [1.165, 1.54) is 12.0 Å². The van der Waals surface area contributed by atoms with E-state index in [9.17, 15) is 4.79 Å². The van der Waals surface area contributed by atoms with E-state index >= 15 is 0 Å². The van der Waals surface area contributed by atoms with E-state index < -0.39 is 12.2 Å². The van der Waals surface area contributed by atoms with Crippen LogP contribution < -0.4 is 0 Å². The quantitative estimate of drug-likeness (QED) is 0.798. The Labute approximate surface area is 141 Å². The molecule has 1 aromatic carbocycles. The molecular formula is C18H20N2O4. The van der Waals surface area contributed by atoms with E-state index in [0.29, 0.717) is 18.7 Å². The Morgan fingerprint density at radius 2 is 2.21 bits per heavy atom. The third kappa shape index (κ3) is 3.27. The zero-order valence-corrected chi connectivity index (χ0v) is 13.5. The van der Waals surface area contributed by atoms with E-state index in [-0.39, 0.29) is 12.1 Å². The van der Waals surface area contributed by atoms with Gasteiger partial charge in [-0.2, -0.15) is 0 Å². The first-order valence-electron chi connectivity index (χ1n) is 7.81. The monoisotopic (exact) mass is 328 g/mol. The van der Waals surface area contributed by atoms with Gasteiger partial charge in [0.1, 0.15) is 0 Å². The van der Waals surface area contributed by atoms with Crippen LogP contribution in [0.2, 0.25) is 0 Å². The number of carbonyl (C=O) groups is 1. The number of methoxy groups -OCH3 is 1. The Morgan fingerprint density at radius 1 is 1.42 bits per heavy atom. The molecule has 0 aromatic heterocycles. The molecule has 0 fully saturated rings. The second-order valence-corrected chi connectivity index (χ2v) is 5.61. The van der Waals surface area contributed by atoms with Crippen LogP contribution in [0.4, 0.5) is 4.79 Å². The van der Waals surface area contributed by atoms with Gasteiger partial charge in [0.25, 0.3) is 0 Å². The maximum Gasteiger partial charge on any atom is 0.413 e. The van der Waals surface area contributed by atoms with Crippen LogP contribution >= 0.6 is 0 Å². The van der Waals surface area contributed by atoms with E-state index in [4.69, 9.17) is 14.3 Å². The molecule has 6 heteroatoms. The number of ether oxygens (including phenoxy) is 2. The molecule has 2 aliphatic rings. The summed E-state index contributed by atoms with van der Waals surface area (Å²) in [6.45, 7) is 3.75. The average Bonchev–Trinajstić information content (AvgIpc) is 2.62. The fourth-order valence-corrected chi connectivity index (χ4v) is 2.87.